The van der Waals surface area contributed by atoms with Gasteiger partial charge < -0.3 is 4.90 Å². The van der Waals surface area contributed by atoms with Gasteiger partial charge in [0.15, 0.2) is 0 Å². The van der Waals surface area contributed by atoms with Crippen molar-refractivity contribution in [2.75, 3.05) is 6.54 Å². The van der Waals surface area contributed by atoms with Crippen molar-refractivity contribution in [3.63, 3.8) is 0 Å². The van der Waals surface area contributed by atoms with E-state index in [0.29, 0.717) is 36.2 Å². The second-order valence-electron chi connectivity index (χ2n) is 6.98. The van der Waals surface area contributed by atoms with Gasteiger partial charge in [-0.3, -0.25) is 14.8 Å². The maximum atomic E-state index is 13.4. The molecular formula is C23H19FN2O3S. The lowest BCUT2D eigenvalue weighted by molar-refractivity contribution is -0.125. The lowest BCUT2D eigenvalue weighted by Crippen LogP contribution is -2.36. The molecule has 1 aromatic heterocycles. The van der Waals surface area contributed by atoms with E-state index in [1.165, 1.54) is 23.5 Å². The summed E-state index contributed by atoms with van der Waals surface area (Å²) in [5.74, 6) is -1.10. The Kier molecular flexibility index (Phi) is 5.74. The van der Waals surface area contributed by atoms with Gasteiger partial charge in [-0.1, -0.05) is 24.3 Å². The fourth-order valence-corrected chi connectivity index (χ4v) is 4.18. The predicted octanol–water partition coefficient (Wildman–Crippen LogP) is 4.13. The van der Waals surface area contributed by atoms with Crippen LogP contribution in [-0.4, -0.2) is 28.5 Å². The summed E-state index contributed by atoms with van der Waals surface area (Å²) in [7, 11) is 0. The zero-order chi connectivity index (χ0) is 21.1. The van der Waals surface area contributed by atoms with Gasteiger partial charge in [-0.05, 0) is 64.9 Å². The van der Waals surface area contributed by atoms with Gasteiger partial charge in [0.05, 0.1) is 0 Å². The van der Waals surface area contributed by atoms with Gasteiger partial charge in [0.25, 0.3) is 11.8 Å². The molecule has 2 aromatic carbocycles. The summed E-state index contributed by atoms with van der Waals surface area (Å²) in [4.78, 5) is 27.8. The van der Waals surface area contributed by atoms with Crippen LogP contribution in [0, 0.1) is 5.82 Å². The maximum absolute atomic E-state index is 13.4. The molecule has 0 atom stereocenters. The molecule has 0 aliphatic carbocycles. The van der Waals surface area contributed by atoms with Gasteiger partial charge in [0.2, 0.25) is 0 Å². The third-order valence-electron chi connectivity index (χ3n) is 5.08. The first-order valence-corrected chi connectivity index (χ1v) is 10.3. The lowest BCUT2D eigenvalue weighted by atomic mass is 9.95. The average Bonchev–Trinajstić information content (AvgIpc) is 3.29. The molecule has 1 aliphatic heterocycles. The Hall–Kier alpha value is -3.29. The van der Waals surface area contributed by atoms with E-state index < -0.39 is 5.91 Å². The standard InChI is InChI=1S/C23H19FN2O3S/c24-19-7-5-16(6-8-19)21(13-20-2-1-11-30-20)23(28)26-10-9-15-3-4-17(22(27)25-29)12-18(15)14-26/h1-8,11-13,29H,9-10,14H2,(H,25,27)/b21-13-. The van der Waals surface area contributed by atoms with Crippen molar-refractivity contribution in [1.82, 2.24) is 10.4 Å². The van der Waals surface area contributed by atoms with E-state index in [0.717, 1.165) is 16.0 Å². The molecule has 2 amide bonds. The first kappa shape index (κ1) is 20.0. The number of thiophene rings is 1. The number of nitrogens with one attached hydrogen (secondary N) is 1. The highest BCUT2D eigenvalue weighted by molar-refractivity contribution is 7.11. The Morgan fingerprint density at radius 2 is 1.83 bits per heavy atom. The smallest absolute Gasteiger partial charge is 0.274 e. The molecule has 1 aliphatic rings. The highest BCUT2D eigenvalue weighted by Crippen LogP contribution is 2.27. The molecule has 0 fully saturated rings. The topological polar surface area (TPSA) is 69.6 Å². The van der Waals surface area contributed by atoms with Gasteiger partial charge in [0, 0.05) is 29.1 Å². The minimum Gasteiger partial charge on any atom is -0.334 e. The average molecular weight is 422 g/mol. The van der Waals surface area contributed by atoms with Crippen molar-refractivity contribution in [2.45, 2.75) is 13.0 Å². The van der Waals surface area contributed by atoms with Crippen LogP contribution in [0.4, 0.5) is 4.39 Å². The number of nitrogens with zero attached hydrogens (tertiary/aromatic N) is 1. The van der Waals surface area contributed by atoms with Gasteiger partial charge in [-0.2, -0.15) is 0 Å². The highest BCUT2D eigenvalue weighted by atomic mass is 32.1. The fourth-order valence-electron chi connectivity index (χ4n) is 3.52. The van der Waals surface area contributed by atoms with Crippen molar-refractivity contribution in [2.24, 2.45) is 0 Å². The first-order chi connectivity index (χ1) is 14.5. The van der Waals surface area contributed by atoms with E-state index in [2.05, 4.69) is 0 Å². The number of amides is 2. The molecule has 2 N–H and O–H groups in total. The molecule has 5 nitrogen and oxygen atoms in total. The quantitative estimate of drug-likeness (QED) is 0.377. The van der Waals surface area contributed by atoms with Gasteiger partial charge >= 0.3 is 0 Å². The van der Waals surface area contributed by atoms with Gasteiger partial charge in [-0.25, -0.2) is 9.87 Å². The Labute approximate surface area is 177 Å². The molecule has 2 heterocycles. The molecule has 4 rings (SSSR count). The van der Waals surface area contributed by atoms with Crippen molar-refractivity contribution >= 4 is 34.8 Å². The molecule has 0 radical (unpaired) electrons. The Bertz CT molecular complexity index is 1110. The second-order valence-corrected chi connectivity index (χ2v) is 7.96. The number of carbonyl (C=O) groups excluding carboxylic acids is 2. The zero-order valence-corrected chi connectivity index (χ0v) is 16.8. The highest BCUT2D eigenvalue weighted by Gasteiger charge is 2.25. The maximum Gasteiger partial charge on any atom is 0.274 e. The molecule has 7 heteroatoms. The van der Waals surface area contributed by atoms with Crippen LogP contribution in [0.25, 0.3) is 11.6 Å². The molecule has 0 spiro atoms. The summed E-state index contributed by atoms with van der Waals surface area (Å²) < 4.78 is 13.4. The van der Waals surface area contributed by atoms with Crippen LogP contribution in [0.3, 0.4) is 0 Å². The van der Waals surface area contributed by atoms with E-state index in [4.69, 9.17) is 5.21 Å². The van der Waals surface area contributed by atoms with Crippen LogP contribution < -0.4 is 5.48 Å². The van der Waals surface area contributed by atoms with Crippen molar-refractivity contribution in [1.29, 1.82) is 0 Å². The molecular weight excluding hydrogens is 403 g/mol. The Morgan fingerprint density at radius 1 is 1.07 bits per heavy atom. The van der Waals surface area contributed by atoms with E-state index in [1.54, 1.807) is 34.6 Å². The van der Waals surface area contributed by atoms with Crippen LogP contribution in [0.5, 0.6) is 0 Å². The number of rotatable bonds is 4. The molecule has 0 bridgehead atoms. The van der Waals surface area contributed by atoms with Crippen molar-refractivity contribution in [3.8, 4) is 0 Å². The number of carbonyl (C=O) groups is 2. The molecule has 0 saturated carbocycles. The van der Waals surface area contributed by atoms with Crippen LogP contribution in [-0.2, 0) is 17.8 Å². The van der Waals surface area contributed by atoms with Crippen molar-refractivity contribution < 1.29 is 19.2 Å². The third kappa shape index (κ3) is 4.17. The summed E-state index contributed by atoms with van der Waals surface area (Å²) in [6, 6.07) is 14.9. The molecule has 3 aromatic rings. The Morgan fingerprint density at radius 3 is 2.53 bits per heavy atom. The predicted molar refractivity (Wildman–Crippen MR) is 113 cm³/mol. The summed E-state index contributed by atoms with van der Waals surface area (Å²) in [6.45, 7) is 0.893. The number of hydroxylamine groups is 1. The van der Waals surface area contributed by atoms with Gasteiger partial charge in [0.1, 0.15) is 5.82 Å². The minimum atomic E-state index is -0.592. The summed E-state index contributed by atoms with van der Waals surface area (Å²) >= 11 is 1.52. The summed E-state index contributed by atoms with van der Waals surface area (Å²) in [5, 5.41) is 10.8. The van der Waals surface area contributed by atoms with Crippen LogP contribution >= 0.6 is 11.3 Å². The normalized spacial score (nSPS) is 13.7. The zero-order valence-electron chi connectivity index (χ0n) is 16.0. The summed E-state index contributed by atoms with van der Waals surface area (Å²) in [5.41, 5.74) is 5.04. The van der Waals surface area contributed by atoms with Crippen LogP contribution in [0.1, 0.15) is 31.9 Å². The number of benzene rings is 2. The van der Waals surface area contributed by atoms with Crippen LogP contribution in [0.2, 0.25) is 0 Å². The van der Waals surface area contributed by atoms with Crippen molar-refractivity contribution in [3.05, 3.63) is 92.9 Å². The third-order valence-corrected chi connectivity index (χ3v) is 5.90. The van der Waals surface area contributed by atoms with E-state index in [-0.39, 0.29) is 11.7 Å². The minimum absolute atomic E-state index is 0.155. The lowest BCUT2D eigenvalue weighted by Gasteiger charge is -2.30. The Balaban J connectivity index is 1.66. The SMILES string of the molecule is O=C(NO)c1ccc2c(c1)CN(C(=O)/C(=C\c1cccs1)c1ccc(F)cc1)CC2. The van der Waals surface area contributed by atoms with E-state index in [9.17, 15) is 14.0 Å². The first-order valence-electron chi connectivity index (χ1n) is 9.42. The molecule has 0 saturated heterocycles. The number of fused-ring (bicyclic) bond motifs is 1. The second kappa shape index (κ2) is 8.61. The number of hydrogen-bond donors (Lipinski definition) is 2. The molecule has 152 valence electrons. The summed E-state index contributed by atoms with van der Waals surface area (Å²) in [6.07, 6.45) is 2.49. The number of hydrogen-bond acceptors (Lipinski definition) is 4. The van der Waals surface area contributed by atoms with E-state index >= 15 is 0 Å². The number of halogens is 1. The van der Waals surface area contributed by atoms with Crippen LogP contribution in [0.15, 0.2) is 60.0 Å². The molecule has 0 unspecified atom stereocenters. The van der Waals surface area contributed by atoms with E-state index in [1.807, 2.05) is 29.7 Å². The van der Waals surface area contributed by atoms with Gasteiger partial charge in [-0.15, -0.1) is 11.3 Å². The monoisotopic (exact) mass is 422 g/mol. The fraction of sp³-hybridized carbons (Fsp3) is 0.130. The molecule has 30 heavy (non-hydrogen) atoms. The largest absolute Gasteiger partial charge is 0.334 e.